The maximum absolute atomic E-state index is 13.1. The molecule has 29 heavy (non-hydrogen) atoms. The van der Waals surface area contributed by atoms with Gasteiger partial charge in [-0.15, -0.1) is 0 Å². The number of rotatable bonds is 4. The molecule has 1 aliphatic rings. The Morgan fingerprint density at radius 2 is 1.69 bits per heavy atom. The van der Waals surface area contributed by atoms with Gasteiger partial charge >= 0.3 is 6.18 Å². The summed E-state index contributed by atoms with van der Waals surface area (Å²) < 4.78 is 50.7. The van der Waals surface area contributed by atoms with Crippen LogP contribution < -0.4 is 4.90 Å². The lowest BCUT2D eigenvalue weighted by Crippen LogP contribution is -2.49. The van der Waals surface area contributed by atoms with Gasteiger partial charge in [0.2, 0.25) is 0 Å². The van der Waals surface area contributed by atoms with Crippen molar-refractivity contribution in [1.29, 1.82) is 0 Å². The summed E-state index contributed by atoms with van der Waals surface area (Å²) in [7, 11) is 0. The van der Waals surface area contributed by atoms with Crippen molar-refractivity contribution in [3.8, 4) is 22.6 Å². The molecule has 0 unspecified atom stereocenters. The van der Waals surface area contributed by atoms with E-state index in [1.165, 1.54) is 17.0 Å². The van der Waals surface area contributed by atoms with Gasteiger partial charge in [0.05, 0.1) is 12.2 Å². The number of pyridine rings is 1. The molecule has 0 radical (unpaired) electrons. The molecule has 4 rings (SSSR count). The third-order valence-electron chi connectivity index (χ3n) is 4.84. The average Bonchev–Trinajstić information content (AvgIpc) is 3.18. The van der Waals surface area contributed by atoms with E-state index >= 15 is 0 Å². The van der Waals surface area contributed by atoms with Gasteiger partial charge in [0.1, 0.15) is 17.5 Å². The Bertz CT molecular complexity index is 960. The number of aromatic amines is 1. The summed E-state index contributed by atoms with van der Waals surface area (Å²) in [5.74, 6) is 1.04. The summed E-state index contributed by atoms with van der Waals surface area (Å²) in [5.41, 5.74) is 2.31. The number of imidazole rings is 1. The highest BCUT2D eigenvalue weighted by atomic mass is 19.4. The van der Waals surface area contributed by atoms with E-state index in [9.17, 15) is 17.6 Å². The Kier molecular flexibility index (Phi) is 5.23. The van der Waals surface area contributed by atoms with Gasteiger partial charge < -0.3 is 9.88 Å². The number of aromatic nitrogens is 3. The third-order valence-corrected chi connectivity index (χ3v) is 4.84. The lowest BCUT2D eigenvalue weighted by molar-refractivity contribution is -0.146. The Hall–Kier alpha value is -2.94. The summed E-state index contributed by atoms with van der Waals surface area (Å²) in [6.07, 6.45) is -0.771. The van der Waals surface area contributed by atoms with Gasteiger partial charge in [-0.2, -0.15) is 13.2 Å². The predicted molar refractivity (Wildman–Crippen MR) is 102 cm³/mol. The molecule has 1 N–H and O–H groups in total. The summed E-state index contributed by atoms with van der Waals surface area (Å²) in [4.78, 5) is 15.4. The van der Waals surface area contributed by atoms with Gasteiger partial charge in [0.15, 0.2) is 0 Å². The largest absolute Gasteiger partial charge is 0.401 e. The molecule has 0 saturated carbocycles. The van der Waals surface area contributed by atoms with Gasteiger partial charge in [-0.3, -0.25) is 4.90 Å². The topological polar surface area (TPSA) is 48.1 Å². The highest BCUT2D eigenvalue weighted by Gasteiger charge is 2.32. The average molecular weight is 405 g/mol. The van der Waals surface area contributed by atoms with E-state index in [0.717, 1.165) is 11.1 Å². The molecule has 1 saturated heterocycles. The Morgan fingerprint density at radius 3 is 2.38 bits per heavy atom. The van der Waals surface area contributed by atoms with Gasteiger partial charge in [-0.25, -0.2) is 14.4 Å². The zero-order chi connectivity index (χ0) is 20.4. The molecule has 0 amide bonds. The fraction of sp³-hybridized carbons (Fsp3) is 0.300. The molecular weight excluding hydrogens is 386 g/mol. The predicted octanol–water partition coefficient (Wildman–Crippen LogP) is 3.96. The van der Waals surface area contributed by atoms with E-state index in [4.69, 9.17) is 0 Å². The molecule has 1 aliphatic heterocycles. The van der Waals surface area contributed by atoms with Crippen LogP contribution in [0.15, 0.2) is 48.8 Å². The highest BCUT2D eigenvalue weighted by molar-refractivity contribution is 5.66. The minimum Gasteiger partial charge on any atom is -0.354 e. The van der Waals surface area contributed by atoms with Crippen LogP contribution in [0.2, 0.25) is 0 Å². The Labute approximate surface area is 165 Å². The summed E-state index contributed by atoms with van der Waals surface area (Å²) in [5, 5.41) is 0. The van der Waals surface area contributed by atoms with Crippen molar-refractivity contribution in [2.75, 3.05) is 37.6 Å². The van der Waals surface area contributed by atoms with Crippen LogP contribution in [-0.2, 0) is 0 Å². The Balaban J connectivity index is 1.46. The van der Waals surface area contributed by atoms with Crippen molar-refractivity contribution >= 4 is 5.82 Å². The van der Waals surface area contributed by atoms with Crippen LogP contribution in [-0.4, -0.2) is 58.8 Å². The number of hydrogen-bond donors (Lipinski definition) is 1. The van der Waals surface area contributed by atoms with E-state index in [1.807, 2.05) is 17.0 Å². The molecule has 0 atom stereocenters. The number of anilines is 1. The summed E-state index contributed by atoms with van der Waals surface area (Å²) >= 11 is 0. The third kappa shape index (κ3) is 4.73. The van der Waals surface area contributed by atoms with Gasteiger partial charge in [-0.1, -0.05) is 0 Å². The maximum Gasteiger partial charge on any atom is 0.401 e. The molecule has 1 fully saturated rings. The number of halogens is 4. The molecule has 9 heteroatoms. The first kappa shape index (κ1) is 19.4. The van der Waals surface area contributed by atoms with Crippen LogP contribution in [0, 0.1) is 5.82 Å². The molecule has 2 aromatic heterocycles. The zero-order valence-electron chi connectivity index (χ0n) is 15.5. The van der Waals surface area contributed by atoms with E-state index in [2.05, 4.69) is 15.0 Å². The molecule has 0 bridgehead atoms. The first-order valence-electron chi connectivity index (χ1n) is 9.19. The van der Waals surface area contributed by atoms with Crippen LogP contribution in [0.1, 0.15) is 0 Å². The minimum atomic E-state index is -4.18. The van der Waals surface area contributed by atoms with Crippen molar-refractivity contribution in [2.24, 2.45) is 0 Å². The van der Waals surface area contributed by atoms with Crippen LogP contribution in [0.5, 0.6) is 0 Å². The van der Waals surface area contributed by atoms with Gasteiger partial charge in [-0.05, 0) is 36.4 Å². The molecular formula is C20H19F4N5. The number of H-pyrrole nitrogens is 1. The fourth-order valence-electron chi connectivity index (χ4n) is 3.37. The first-order valence-corrected chi connectivity index (χ1v) is 9.19. The molecule has 1 aromatic carbocycles. The van der Waals surface area contributed by atoms with E-state index in [-0.39, 0.29) is 5.82 Å². The van der Waals surface area contributed by atoms with Crippen molar-refractivity contribution in [2.45, 2.75) is 6.18 Å². The molecule has 0 spiro atoms. The second kappa shape index (κ2) is 7.82. The summed E-state index contributed by atoms with van der Waals surface area (Å²) in [6, 6.07) is 9.77. The molecule has 3 heterocycles. The minimum absolute atomic E-state index is 0.307. The number of piperazine rings is 1. The molecule has 3 aromatic rings. The quantitative estimate of drug-likeness (QED) is 0.668. The SMILES string of the molecule is Fc1ccc(-c2c[nH]c(-c3ccnc(N4CCN(CC(F)(F)F)CC4)c3)n2)cc1. The monoisotopic (exact) mass is 405 g/mol. The number of hydrogen-bond acceptors (Lipinski definition) is 4. The van der Waals surface area contributed by atoms with E-state index in [0.29, 0.717) is 43.5 Å². The normalized spacial score (nSPS) is 15.7. The number of nitrogens with zero attached hydrogens (tertiary/aromatic N) is 4. The fourth-order valence-corrected chi connectivity index (χ4v) is 3.37. The van der Waals surface area contributed by atoms with Crippen LogP contribution >= 0.6 is 0 Å². The first-order chi connectivity index (χ1) is 13.9. The second-order valence-electron chi connectivity index (χ2n) is 6.92. The van der Waals surface area contributed by atoms with Crippen molar-refractivity contribution in [3.05, 3.63) is 54.6 Å². The van der Waals surface area contributed by atoms with Crippen LogP contribution in [0.25, 0.3) is 22.6 Å². The smallest absolute Gasteiger partial charge is 0.354 e. The summed E-state index contributed by atoms with van der Waals surface area (Å²) in [6.45, 7) is 0.742. The van der Waals surface area contributed by atoms with Crippen molar-refractivity contribution in [3.63, 3.8) is 0 Å². The highest BCUT2D eigenvalue weighted by Crippen LogP contribution is 2.25. The van der Waals surface area contributed by atoms with Crippen LogP contribution in [0.4, 0.5) is 23.4 Å². The van der Waals surface area contributed by atoms with E-state index < -0.39 is 12.7 Å². The van der Waals surface area contributed by atoms with Crippen molar-refractivity contribution in [1.82, 2.24) is 19.9 Å². The maximum atomic E-state index is 13.1. The van der Waals surface area contributed by atoms with Crippen molar-refractivity contribution < 1.29 is 17.6 Å². The molecule has 5 nitrogen and oxygen atoms in total. The number of alkyl halides is 3. The molecule has 0 aliphatic carbocycles. The van der Waals surface area contributed by atoms with Crippen LogP contribution in [0.3, 0.4) is 0 Å². The van der Waals surface area contributed by atoms with Gasteiger partial charge in [0.25, 0.3) is 0 Å². The van der Waals surface area contributed by atoms with E-state index in [1.54, 1.807) is 24.5 Å². The second-order valence-corrected chi connectivity index (χ2v) is 6.92. The number of benzene rings is 1. The lowest BCUT2D eigenvalue weighted by atomic mass is 10.2. The number of nitrogens with one attached hydrogen (secondary N) is 1. The lowest BCUT2D eigenvalue weighted by Gasteiger charge is -2.35. The molecule has 152 valence electrons. The van der Waals surface area contributed by atoms with Gasteiger partial charge in [0, 0.05) is 49.7 Å². The Morgan fingerprint density at radius 1 is 0.966 bits per heavy atom. The zero-order valence-corrected chi connectivity index (χ0v) is 15.5. The standard InChI is InChI=1S/C20H19F4N5/c21-16-3-1-14(2-4-16)17-12-26-19(27-17)15-5-6-25-18(11-15)29-9-7-28(8-10-29)13-20(22,23)24/h1-6,11-12H,7-10,13H2,(H,26,27).